The van der Waals surface area contributed by atoms with Gasteiger partial charge in [-0.25, -0.2) is 0 Å². The van der Waals surface area contributed by atoms with Crippen LogP contribution < -0.4 is 0 Å². The van der Waals surface area contributed by atoms with Crippen LogP contribution in [0.5, 0.6) is 0 Å². The largest absolute Gasteiger partial charge is 0.303 e. The fourth-order valence-electron chi connectivity index (χ4n) is 2.79. The maximum absolute atomic E-state index is 10.7. The SMILES string of the molecule is CC([CH]C(C)[CH2][Al]([CH2]C(C)C)[CH2]C(C)C)C=O. The summed E-state index contributed by atoms with van der Waals surface area (Å²) < 4.78 is 0. The third-order valence-corrected chi connectivity index (χ3v) is 7.79. The van der Waals surface area contributed by atoms with E-state index in [1.807, 2.05) is 6.92 Å². The Morgan fingerprint density at radius 1 is 0.882 bits per heavy atom. The van der Waals surface area contributed by atoms with Gasteiger partial charge in [0.25, 0.3) is 14.1 Å². The number of carbonyl (C=O) groups is 1. The Hall–Kier alpha value is 0.202. The minimum Gasteiger partial charge on any atom is -0.303 e. The van der Waals surface area contributed by atoms with E-state index >= 15 is 0 Å². The van der Waals surface area contributed by atoms with Gasteiger partial charge in [-0.1, -0.05) is 75.1 Å². The van der Waals surface area contributed by atoms with E-state index in [9.17, 15) is 4.79 Å². The van der Waals surface area contributed by atoms with Crippen molar-refractivity contribution in [2.45, 2.75) is 57.4 Å². The highest BCUT2D eigenvalue weighted by Gasteiger charge is 2.23. The summed E-state index contributed by atoms with van der Waals surface area (Å²) in [6.45, 7) is 13.6. The highest BCUT2D eigenvalue weighted by Crippen LogP contribution is 2.24. The molecule has 2 atom stereocenters. The number of rotatable bonds is 9. The minimum absolute atomic E-state index is 0.123. The van der Waals surface area contributed by atoms with Gasteiger partial charge in [0.15, 0.2) is 0 Å². The third-order valence-electron chi connectivity index (χ3n) is 3.16. The standard InChI is InChI=1S/C7H12O.2C4H9.Al/c1-6(2)4-7(3)5-8;2*1-4(2)3;/h4-7H,1H2,2-3H3;2*4H,1H2,2-3H3;. The molecule has 0 aliphatic rings. The topological polar surface area (TPSA) is 17.1 Å². The molecule has 0 N–H and O–H groups in total. The first-order valence-electron chi connectivity index (χ1n) is 7.15. The normalized spacial score (nSPS) is 15.1. The lowest BCUT2D eigenvalue weighted by atomic mass is 10.0. The first-order valence-corrected chi connectivity index (χ1v) is 9.60. The summed E-state index contributed by atoms with van der Waals surface area (Å²) in [5.74, 6) is 2.41. The number of aldehydes is 1. The average molecular weight is 253 g/mol. The van der Waals surface area contributed by atoms with E-state index in [1.165, 1.54) is 15.8 Å². The van der Waals surface area contributed by atoms with Crippen LogP contribution in [0.25, 0.3) is 0 Å². The molecule has 99 valence electrons. The molecule has 1 nitrogen and oxygen atoms in total. The van der Waals surface area contributed by atoms with Crippen molar-refractivity contribution in [3.05, 3.63) is 6.42 Å². The molecular formula is C15H30AlO. The van der Waals surface area contributed by atoms with Crippen molar-refractivity contribution in [1.29, 1.82) is 0 Å². The van der Waals surface area contributed by atoms with Gasteiger partial charge in [-0.2, -0.15) is 0 Å². The second-order valence-corrected chi connectivity index (χ2v) is 9.67. The molecule has 0 aromatic carbocycles. The molecular weight excluding hydrogens is 223 g/mol. The highest BCUT2D eigenvalue weighted by atomic mass is 27.2. The molecule has 0 bridgehead atoms. The van der Waals surface area contributed by atoms with Gasteiger partial charge in [0.2, 0.25) is 0 Å². The van der Waals surface area contributed by atoms with E-state index < -0.39 is 14.1 Å². The Morgan fingerprint density at radius 2 is 1.35 bits per heavy atom. The van der Waals surface area contributed by atoms with Crippen molar-refractivity contribution in [2.75, 3.05) is 0 Å². The molecule has 0 saturated heterocycles. The Balaban J connectivity index is 4.16. The zero-order chi connectivity index (χ0) is 13.4. The summed E-state index contributed by atoms with van der Waals surface area (Å²) in [6.07, 6.45) is 3.28. The van der Waals surface area contributed by atoms with E-state index in [1.54, 1.807) is 0 Å². The number of carbonyl (C=O) groups excluding carboxylic acids is 1. The number of hydrogen-bond donors (Lipinski definition) is 0. The maximum Gasteiger partial charge on any atom is 0.262 e. The van der Waals surface area contributed by atoms with Gasteiger partial charge in [0, 0.05) is 5.92 Å². The van der Waals surface area contributed by atoms with Gasteiger partial charge in [-0.3, -0.25) is 0 Å². The molecule has 0 amide bonds. The van der Waals surface area contributed by atoms with Crippen molar-refractivity contribution in [3.63, 3.8) is 0 Å². The smallest absolute Gasteiger partial charge is 0.262 e. The molecule has 0 fully saturated rings. The van der Waals surface area contributed by atoms with E-state index in [0.29, 0.717) is 5.92 Å². The molecule has 0 saturated carbocycles. The zero-order valence-corrected chi connectivity index (χ0v) is 13.7. The van der Waals surface area contributed by atoms with Crippen LogP contribution in [0, 0.1) is 30.1 Å². The van der Waals surface area contributed by atoms with Gasteiger partial charge in [-0.15, -0.1) is 0 Å². The van der Waals surface area contributed by atoms with E-state index in [-0.39, 0.29) is 5.92 Å². The first-order chi connectivity index (χ1) is 7.85. The lowest BCUT2D eigenvalue weighted by molar-refractivity contribution is -0.110. The van der Waals surface area contributed by atoms with Crippen LogP contribution in [-0.4, -0.2) is 20.4 Å². The van der Waals surface area contributed by atoms with Crippen LogP contribution in [-0.2, 0) is 4.79 Å². The van der Waals surface area contributed by atoms with Crippen molar-refractivity contribution < 1.29 is 4.79 Å². The fraction of sp³-hybridized carbons (Fsp3) is 0.867. The molecule has 2 heteroatoms. The highest BCUT2D eigenvalue weighted by molar-refractivity contribution is 6.59. The molecule has 0 aliphatic carbocycles. The quantitative estimate of drug-likeness (QED) is 0.438. The van der Waals surface area contributed by atoms with Gasteiger partial charge in [0.05, 0.1) is 0 Å². The Morgan fingerprint density at radius 3 is 1.71 bits per heavy atom. The molecule has 0 aliphatic heterocycles. The van der Waals surface area contributed by atoms with Crippen LogP contribution in [0.2, 0.25) is 15.8 Å². The molecule has 0 heterocycles. The van der Waals surface area contributed by atoms with E-state index in [4.69, 9.17) is 0 Å². The molecule has 0 rings (SSSR count). The van der Waals surface area contributed by atoms with Crippen LogP contribution >= 0.6 is 0 Å². The van der Waals surface area contributed by atoms with Crippen molar-refractivity contribution >= 4 is 20.4 Å². The average Bonchev–Trinajstić information content (AvgIpc) is 2.14. The van der Waals surface area contributed by atoms with E-state index in [2.05, 4.69) is 41.0 Å². The van der Waals surface area contributed by atoms with Gasteiger partial charge in [0.1, 0.15) is 6.29 Å². The second-order valence-electron chi connectivity index (χ2n) is 6.53. The lowest BCUT2D eigenvalue weighted by Crippen LogP contribution is -2.21. The van der Waals surface area contributed by atoms with Crippen LogP contribution in [0.15, 0.2) is 0 Å². The van der Waals surface area contributed by atoms with Crippen molar-refractivity contribution in [1.82, 2.24) is 0 Å². The van der Waals surface area contributed by atoms with E-state index in [0.717, 1.165) is 18.1 Å². The summed E-state index contributed by atoms with van der Waals surface area (Å²) in [5.41, 5.74) is 0. The maximum atomic E-state index is 10.7. The minimum atomic E-state index is -0.625. The summed E-state index contributed by atoms with van der Waals surface area (Å²) in [6, 6.07) is 0. The molecule has 0 spiro atoms. The second kappa shape index (κ2) is 9.17. The van der Waals surface area contributed by atoms with Crippen LogP contribution in [0.1, 0.15) is 41.5 Å². The van der Waals surface area contributed by atoms with Crippen LogP contribution in [0.3, 0.4) is 0 Å². The predicted molar refractivity (Wildman–Crippen MR) is 78.5 cm³/mol. The van der Waals surface area contributed by atoms with Gasteiger partial charge in [-0.05, 0) is 6.42 Å². The summed E-state index contributed by atoms with van der Waals surface area (Å²) in [4.78, 5) is 10.7. The van der Waals surface area contributed by atoms with Gasteiger partial charge >= 0.3 is 0 Å². The molecule has 1 radical (unpaired) electrons. The first kappa shape index (κ1) is 17.2. The zero-order valence-electron chi connectivity index (χ0n) is 12.6. The Labute approximate surface area is 113 Å². The molecule has 0 aromatic rings. The summed E-state index contributed by atoms with van der Waals surface area (Å²) in [5, 5.41) is 4.27. The van der Waals surface area contributed by atoms with Crippen molar-refractivity contribution in [2.24, 2.45) is 23.7 Å². The number of hydrogen-bond acceptors (Lipinski definition) is 1. The Kier molecular flexibility index (Phi) is 9.28. The summed E-state index contributed by atoms with van der Waals surface area (Å²) >= 11 is -0.625. The Bertz CT molecular complexity index is 191. The predicted octanol–water partition coefficient (Wildman–Crippen LogP) is 4.47. The molecule has 17 heavy (non-hydrogen) atoms. The molecule has 2 unspecified atom stereocenters. The fourth-order valence-corrected chi connectivity index (χ4v) is 7.24. The van der Waals surface area contributed by atoms with Crippen molar-refractivity contribution in [3.8, 4) is 0 Å². The third kappa shape index (κ3) is 9.86. The monoisotopic (exact) mass is 253 g/mol. The lowest BCUT2D eigenvalue weighted by Gasteiger charge is -2.21. The van der Waals surface area contributed by atoms with Gasteiger partial charge < -0.3 is 4.79 Å². The molecule has 0 aromatic heterocycles. The van der Waals surface area contributed by atoms with Crippen LogP contribution in [0.4, 0.5) is 0 Å². The summed E-state index contributed by atoms with van der Waals surface area (Å²) in [7, 11) is 0.